The van der Waals surface area contributed by atoms with Crippen LogP contribution < -0.4 is 4.90 Å². The lowest BCUT2D eigenvalue weighted by Crippen LogP contribution is -2.20. The van der Waals surface area contributed by atoms with Crippen LogP contribution >= 0.6 is 11.6 Å². The Balaban J connectivity index is 3.03. The Bertz CT molecular complexity index is 437. The van der Waals surface area contributed by atoms with Gasteiger partial charge >= 0.3 is 5.97 Å². The van der Waals surface area contributed by atoms with E-state index in [1.807, 2.05) is 0 Å². The average Bonchev–Trinajstić information content (AvgIpc) is 2.25. The van der Waals surface area contributed by atoms with Gasteiger partial charge in [-0.1, -0.05) is 11.6 Å². The van der Waals surface area contributed by atoms with Crippen LogP contribution in [-0.4, -0.2) is 24.7 Å². The molecule has 0 spiro atoms. The lowest BCUT2D eigenvalue weighted by atomic mass is 10.1. The minimum Gasteiger partial charge on any atom is -0.478 e. The lowest BCUT2D eigenvalue weighted by molar-refractivity contribution is 0.0697. The highest BCUT2D eigenvalue weighted by molar-refractivity contribution is 6.31. The summed E-state index contributed by atoms with van der Waals surface area (Å²) in [6.07, 6.45) is 5.73. The van der Waals surface area contributed by atoms with Crippen LogP contribution in [0.15, 0.2) is 18.2 Å². The van der Waals surface area contributed by atoms with Crippen molar-refractivity contribution < 1.29 is 9.90 Å². The number of hydrogen-bond acceptors (Lipinski definition) is 2. The van der Waals surface area contributed by atoms with E-state index in [9.17, 15) is 4.79 Å². The summed E-state index contributed by atoms with van der Waals surface area (Å²) in [7, 11) is 1.80. The Morgan fingerprint density at radius 3 is 2.88 bits per heavy atom. The highest BCUT2D eigenvalue weighted by Crippen LogP contribution is 2.23. The number of carboxylic acids is 1. The van der Waals surface area contributed by atoms with Crippen molar-refractivity contribution in [3.63, 3.8) is 0 Å². The standard InChI is InChI=1S/C12H12ClNO2/c1-3-4-7-14(2)11-6-5-9(13)8-10(11)12(15)16/h1,5-6,8H,4,7H2,2H3,(H,15,16). The third-order valence-corrected chi connectivity index (χ3v) is 2.43. The maximum atomic E-state index is 11.0. The van der Waals surface area contributed by atoms with Gasteiger partial charge in [-0.25, -0.2) is 4.79 Å². The Labute approximate surface area is 99.6 Å². The van der Waals surface area contributed by atoms with E-state index in [-0.39, 0.29) is 5.56 Å². The molecule has 3 nitrogen and oxygen atoms in total. The number of hydrogen-bond donors (Lipinski definition) is 1. The third kappa shape index (κ3) is 2.91. The molecule has 0 bridgehead atoms. The van der Waals surface area contributed by atoms with Gasteiger partial charge in [-0.2, -0.15) is 0 Å². The van der Waals surface area contributed by atoms with Gasteiger partial charge in [0.15, 0.2) is 0 Å². The normalized spacial score (nSPS) is 9.56. The molecule has 1 aromatic rings. The zero-order chi connectivity index (χ0) is 12.1. The van der Waals surface area contributed by atoms with Crippen molar-refractivity contribution in [3.05, 3.63) is 28.8 Å². The molecule has 0 saturated carbocycles. The Kier molecular flexibility index (Phi) is 4.21. The van der Waals surface area contributed by atoms with Crippen molar-refractivity contribution in [2.75, 3.05) is 18.5 Å². The van der Waals surface area contributed by atoms with Crippen molar-refractivity contribution in [2.45, 2.75) is 6.42 Å². The largest absolute Gasteiger partial charge is 0.478 e. The zero-order valence-electron chi connectivity index (χ0n) is 8.90. The molecule has 0 unspecified atom stereocenters. The number of terminal acetylenes is 1. The first-order valence-corrected chi connectivity index (χ1v) is 5.11. The summed E-state index contributed by atoms with van der Waals surface area (Å²) in [5, 5.41) is 9.45. The van der Waals surface area contributed by atoms with Crippen LogP contribution in [0.3, 0.4) is 0 Å². The van der Waals surface area contributed by atoms with E-state index in [1.165, 1.54) is 6.07 Å². The van der Waals surface area contributed by atoms with E-state index < -0.39 is 5.97 Å². The number of rotatable bonds is 4. The van der Waals surface area contributed by atoms with Crippen LogP contribution in [-0.2, 0) is 0 Å². The first-order chi connectivity index (χ1) is 7.56. The predicted molar refractivity (Wildman–Crippen MR) is 65.1 cm³/mol. The molecule has 0 aliphatic carbocycles. The van der Waals surface area contributed by atoms with Gasteiger partial charge in [0.2, 0.25) is 0 Å². The summed E-state index contributed by atoms with van der Waals surface area (Å²) >= 11 is 5.76. The molecule has 1 rings (SSSR count). The molecule has 0 atom stereocenters. The van der Waals surface area contributed by atoms with Crippen LogP contribution in [0.25, 0.3) is 0 Å². The number of anilines is 1. The number of nitrogens with zero attached hydrogens (tertiary/aromatic N) is 1. The molecule has 16 heavy (non-hydrogen) atoms. The molecule has 0 aliphatic heterocycles. The second kappa shape index (κ2) is 5.43. The number of benzene rings is 1. The molecule has 0 fully saturated rings. The first-order valence-electron chi connectivity index (χ1n) is 4.73. The van der Waals surface area contributed by atoms with E-state index in [0.717, 1.165) is 0 Å². The molecular weight excluding hydrogens is 226 g/mol. The summed E-state index contributed by atoms with van der Waals surface area (Å²) in [5.41, 5.74) is 0.805. The highest BCUT2D eigenvalue weighted by atomic mass is 35.5. The van der Waals surface area contributed by atoms with E-state index in [1.54, 1.807) is 24.1 Å². The first kappa shape index (κ1) is 12.4. The summed E-state index contributed by atoms with van der Waals surface area (Å²) in [6.45, 7) is 0.610. The Morgan fingerprint density at radius 1 is 1.62 bits per heavy atom. The second-order valence-corrected chi connectivity index (χ2v) is 3.78. The fourth-order valence-corrected chi connectivity index (χ4v) is 1.54. The molecule has 4 heteroatoms. The molecular formula is C12H12ClNO2. The third-order valence-electron chi connectivity index (χ3n) is 2.19. The van der Waals surface area contributed by atoms with Crippen molar-refractivity contribution >= 4 is 23.3 Å². The Hall–Kier alpha value is -1.66. The molecule has 0 aromatic heterocycles. The maximum Gasteiger partial charge on any atom is 0.337 e. The quantitative estimate of drug-likeness (QED) is 0.818. The second-order valence-electron chi connectivity index (χ2n) is 3.34. The van der Waals surface area contributed by atoms with E-state index in [2.05, 4.69) is 5.92 Å². The average molecular weight is 238 g/mol. The molecule has 1 aromatic carbocycles. The zero-order valence-corrected chi connectivity index (χ0v) is 9.66. The number of carbonyl (C=O) groups is 1. The summed E-state index contributed by atoms with van der Waals surface area (Å²) in [4.78, 5) is 12.8. The highest BCUT2D eigenvalue weighted by Gasteiger charge is 2.13. The minimum atomic E-state index is -0.995. The maximum absolute atomic E-state index is 11.0. The molecule has 0 saturated heterocycles. The van der Waals surface area contributed by atoms with Crippen LogP contribution in [0.4, 0.5) is 5.69 Å². The molecule has 0 heterocycles. The van der Waals surface area contributed by atoms with E-state index in [0.29, 0.717) is 23.7 Å². The fraction of sp³-hybridized carbons (Fsp3) is 0.250. The van der Waals surface area contributed by atoms with Crippen LogP contribution in [0, 0.1) is 12.3 Å². The van der Waals surface area contributed by atoms with Crippen LogP contribution in [0.5, 0.6) is 0 Å². The van der Waals surface area contributed by atoms with Gasteiger partial charge in [0, 0.05) is 25.0 Å². The smallest absolute Gasteiger partial charge is 0.337 e. The van der Waals surface area contributed by atoms with Crippen molar-refractivity contribution in [3.8, 4) is 12.3 Å². The van der Waals surface area contributed by atoms with Gasteiger partial charge in [0.1, 0.15) is 0 Å². The van der Waals surface area contributed by atoms with Gasteiger partial charge in [-0.15, -0.1) is 12.3 Å². The minimum absolute atomic E-state index is 0.187. The summed E-state index contributed by atoms with van der Waals surface area (Å²) in [5.74, 6) is 1.52. The predicted octanol–water partition coefficient (Wildman–Crippen LogP) is 2.50. The van der Waals surface area contributed by atoms with Gasteiger partial charge < -0.3 is 10.0 Å². The van der Waals surface area contributed by atoms with Gasteiger partial charge in [-0.3, -0.25) is 0 Å². The fourth-order valence-electron chi connectivity index (χ4n) is 1.37. The van der Waals surface area contributed by atoms with Crippen LogP contribution in [0.1, 0.15) is 16.8 Å². The lowest BCUT2D eigenvalue weighted by Gasteiger charge is -2.20. The van der Waals surface area contributed by atoms with Gasteiger partial charge in [-0.05, 0) is 18.2 Å². The topological polar surface area (TPSA) is 40.5 Å². The molecule has 84 valence electrons. The molecule has 0 aliphatic rings. The number of aromatic carboxylic acids is 1. The monoisotopic (exact) mass is 237 g/mol. The Morgan fingerprint density at radius 2 is 2.31 bits per heavy atom. The number of halogens is 1. The van der Waals surface area contributed by atoms with Gasteiger partial charge in [0.05, 0.1) is 11.3 Å². The van der Waals surface area contributed by atoms with Crippen molar-refractivity contribution in [1.82, 2.24) is 0 Å². The van der Waals surface area contributed by atoms with Gasteiger partial charge in [0.25, 0.3) is 0 Å². The van der Waals surface area contributed by atoms with E-state index in [4.69, 9.17) is 23.1 Å². The van der Waals surface area contributed by atoms with Crippen LogP contribution in [0.2, 0.25) is 5.02 Å². The van der Waals surface area contributed by atoms with Crippen molar-refractivity contribution in [2.24, 2.45) is 0 Å². The summed E-state index contributed by atoms with van der Waals surface area (Å²) in [6, 6.07) is 4.78. The molecule has 0 amide bonds. The van der Waals surface area contributed by atoms with E-state index >= 15 is 0 Å². The molecule has 1 N–H and O–H groups in total. The SMILES string of the molecule is C#CCCN(C)c1ccc(Cl)cc1C(=O)O. The molecule has 0 radical (unpaired) electrons. The van der Waals surface area contributed by atoms with Crippen molar-refractivity contribution in [1.29, 1.82) is 0 Å². The number of carboxylic acid groups (broad SMARTS) is 1. The summed E-state index contributed by atoms with van der Waals surface area (Å²) < 4.78 is 0.